The summed E-state index contributed by atoms with van der Waals surface area (Å²) in [6.45, 7) is 5.60. The number of nitrogens with zero attached hydrogens (tertiary/aromatic N) is 2. The Balaban J connectivity index is 1.94. The smallest absolute Gasteiger partial charge is 0.363 e. The average Bonchev–Trinajstić information content (AvgIpc) is 3.09. The van der Waals surface area contributed by atoms with Gasteiger partial charge in [0.15, 0.2) is 17.2 Å². The predicted molar refractivity (Wildman–Crippen MR) is 120 cm³/mol. The molecule has 0 spiro atoms. The van der Waals surface area contributed by atoms with Crippen molar-refractivity contribution in [3.05, 3.63) is 67.3 Å². The number of halogens is 1. The molecule has 0 aromatic heterocycles. The van der Waals surface area contributed by atoms with Gasteiger partial charge in [-0.15, -0.1) is 0 Å². The molecule has 9 heteroatoms. The number of rotatable bonds is 7. The highest BCUT2D eigenvalue weighted by Crippen LogP contribution is 2.38. The molecule has 2 aromatic carbocycles. The minimum atomic E-state index is -0.610. The van der Waals surface area contributed by atoms with E-state index in [2.05, 4.69) is 20.9 Å². The van der Waals surface area contributed by atoms with E-state index in [1.807, 2.05) is 13.8 Å². The number of nitro benzene ring substituents is 1. The molecule has 0 radical (unpaired) electrons. The quantitative estimate of drug-likeness (QED) is 0.230. The first-order chi connectivity index (χ1) is 14.7. The van der Waals surface area contributed by atoms with Gasteiger partial charge in [-0.25, -0.2) is 9.79 Å². The third-order valence-electron chi connectivity index (χ3n) is 4.71. The topological polar surface area (TPSA) is 100 Å². The van der Waals surface area contributed by atoms with Gasteiger partial charge in [0.1, 0.15) is 0 Å². The highest BCUT2D eigenvalue weighted by atomic mass is 79.9. The minimum absolute atomic E-state index is 0.0107. The third-order valence-corrected chi connectivity index (χ3v) is 5.30. The fraction of sp³-hybridized carbons (Fsp3) is 0.273. The average molecular weight is 489 g/mol. The maximum absolute atomic E-state index is 12.3. The first kappa shape index (κ1) is 22.5. The van der Waals surface area contributed by atoms with Gasteiger partial charge in [-0.3, -0.25) is 10.1 Å². The maximum atomic E-state index is 12.3. The number of aliphatic imine (C=N–C) groups is 1. The van der Waals surface area contributed by atoms with Crippen molar-refractivity contribution in [3.8, 4) is 11.5 Å². The van der Waals surface area contributed by atoms with Crippen LogP contribution >= 0.6 is 15.9 Å². The fourth-order valence-corrected chi connectivity index (χ4v) is 3.46. The third kappa shape index (κ3) is 4.93. The van der Waals surface area contributed by atoms with Crippen LogP contribution in [0.25, 0.3) is 6.08 Å². The lowest BCUT2D eigenvalue weighted by Gasteiger charge is -2.17. The first-order valence-electron chi connectivity index (χ1n) is 9.55. The van der Waals surface area contributed by atoms with Crippen LogP contribution in [0, 0.1) is 17.0 Å². The SMILES string of the molecule is CCC(C)Oc1c(Br)cc(/C=C2\N=C(c3ccc([N+](=O)[O-])c(C)c3)OC2=O)cc1OC. The normalized spacial score (nSPS) is 15.5. The van der Waals surface area contributed by atoms with Crippen LogP contribution in [0.15, 0.2) is 45.5 Å². The van der Waals surface area contributed by atoms with E-state index in [9.17, 15) is 14.9 Å². The van der Waals surface area contributed by atoms with Crippen molar-refractivity contribution in [3.63, 3.8) is 0 Å². The van der Waals surface area contributed by atoms with Crippen molar-refractivity contribution < 1.29 is 23.9 Å². The van der Waals surface area contributed by atoms with E-state index in [1.165, 1.54) is 12.1 Å². The number of benzene rings is 2. The molecule has 3 rings (SSSR count). The van der Waals surface area contributed by atoms with Crippen LogP contribution in [0.5, 0.6) is 11.5 Å². The number of methoxy groups -OCH3 is 1. The van der Waals surface area contributed by atoms with Gasteiger partial charge in [0, 0.05) is 17.2 Å². The largest absolute Gasteiger partial charge is 0.493 e. The second-order valence-corrected chi connectivity index (χ2v) is 7.82. The Morgan fingerprint density at radius 1 is 1.32 bits per heavy atom. The number of aryl methyl sites for hydroxylation is 1. The van der Waals surface area contributed by atoms with Crippen LogP contribution in [0.4, 0.5) is 5.69 Å². The Morgan fingerprint density at radius 3 is 2.68 bits per heavy atom. The van der Waals surface area contributed by atoms with Crippen LogP contribution in [-0.2, 0) is 9.53 Å². The molecule has 1 aliphatic heterocycles. The number of hydrogen-bond donors (Lipinski definition) is 0. The summed E-state index contributed by atoms with van der Waals surface area (Å²) in [5, 5.41) is 11.0. The summed E-state index contributed by atoms with van der Waals surface area (Å²) in [4.78, 5) is 27.1. The molecule has 0 bridgehead atoms. The lowest BCUT2D eigenvalue weighted by atomic mass is 10.1. The molecule has 1 aliphatic rings. The maximum Gasteiger partial charge on any atom is 0.363 e. The second kappa shape index (κ2) is 9.30. The molecule has 0 aliphatic carbocycles. The van der Waals surface area contributed by atoms with Crippen molar-refractivity contribution in [2.24, 2.45) is 4.99 Å². The lowest BCUT2D eigenvalue weighted by Crippen LogP contribution is -2.11. The molecule has 1 heterocycles. The number of carbonyl (C=O) groups is 1. The van der Waals surface area contributed by atoms with Crippen LogP contribution in [0.3, 0.4) is 0 Å². The molecule has 31 heavy (non-hydrogen) atoms. The van der Waals surface area contributed by atoms with Crippen LogP contribution in [-0.4, -0.2) is 30.0 Å². The first-order valence-corrected chi connectivity index (χ1v) is 10.3. The zero-order valence-corrected chi connectivity index (χ0v) is 19.1. The molecule has 1 atom stereocenters. The fourth-order valence-electron chi connectivity index (χ4n) is 2.91. The summed E-state index contributed by atoms with van der Waals surface area (Å²) in [7, 11) is 1.54. The van der Waals surface area contributed by atoms with Crippen molar-refractivity contribution in [2.75, 3.05) is 7.11 Å². The molecule has 162 valence electrons. The summed E-state index contributed by atoms with van der Waals surface area (Å²) in [6.07, 6.45) is 2.43. The lowest BCUT2D eigenvalue weighted by molar-refractivity contribution is -0.385. The van der Waals surface area contributed by atoms with Crippen LogP contribution in [0.2, 0.25) is 0 Å². The van der Waals surface area contributed by atoms with E-state index < -0.39 is 10.9 Å². The van der Waals surface area contributed by atoms with Gasteiger partial charge in [0.05, 0.1) is 22.6 Å². The monoisotopic (exact) mass is 488 g/mol. The van der Waals surface area contributed by atoms with E-state index in [-0.39, 0.29) is 23.4 Å². The number of ether oxygens (including phenoxy) is 3. The van der Waals surface area contributed by atoms with Gasteiger partial charge in [-0.1, -0.05) is 6.92 Å². The molecule has 0 N–H and O–H groups in total. The number of nitro groups is 1. The standard InChI is InChI=1S/C22H21BrN2O6/c1-5-13(3)30-20-16(23)9-14(11-19(20)29-4)10-17-22(26)31-21(24-17)15-6-7-18(25(27)28)12(2)8-15/h6-11,13H,5H2,1-4H3/b17-10-. The van der Waals surface area contributed by atoms with Crippen molar-refractivity contribution in [2.45, 2.75) is 33.3 Å². The molecule has 0 amide bonds. The Morgan fingerprint density at radius 2 is 2.06 bits per heavy atom. The molecular formula is C22H21BrN2O6. The van der Waals surface area contributed by atoms with E-state index in [4.69, 9.17) is 14.2 Å². The molecule has 0 saturated carbocycles. The van der Waals surface area contributed by atoms with Crippen molar-refractivity contribution in [1.29, 1.82) is 0 Å². The van der Waals surface area contributed by atoms with E-state index >= 15 is 0 Å². The van der Waals surface area contributed by atoms with Crippen LogP contribution < -0.4 is 9.47 Å². The minimum Gasteiger partial charge on any atom is -0.493 e. The molecule has 8 nitrogen and oxygen atoms in total. The van der Waals surface area contributed by atoms with Gasteiger partial charge in [-0.2, -0.15) is 0 Å². The Bertz CT molecular complexity index is 1110. The van der Waals surface area contributed by atoms with Gasteiger partial charge in [0.2, 0.25) is 5.90 Å². The Hall–Kier alpha value is -3.20. The van der Waals surface area contributed by atoms with Gasteiger partial charge in [0.25, 0.3) is 5.69 Å². The predicted octanol–water partition coefficient (Wildman–Crippen LogP) is 5.20. The highest BCUT2D eigenvalue weighted by Gasteiger charge is 2.26. The summed E-state index contributed by atoms with van der Waals surface area (Å²) >= 11 is 3.49. The van der Waals surface area contributed by atoms with E-state index in [0.29, 0.717) is 32.7 Å². The molecule has 2 aromatic rings. The highest BCUT2D eigenvalue weighted by molar-refractivity contribution is 9.10. The summed E-state index contributed by atoms with van der Waals surface area (Å²) in [5.74, 6) is 0.583. The van der Waals surface area contributed by atoms with Gasteiger partial charge >= 0.3 is 5.97 Å². The molecular weight excluding hydrogens is 468 g/mol. The zero-order valence-electron chi connectivity index (χ0n) is 17.5. The van der Waals surface area contributed by atoms with Crippen molar-refractivity contribution in [1.82, 2.24) is 0 Å². The molecule has 0 saturated heterocycles. The van der Waals surface area contributed by atoms with Crippen LogP contribution in [0.1, 0.15) is 37.0 Å². The van der Waals surface area contributed by atoms with E-state index in [1.54, 1.807) is 38.3 Å². The summed E-state index contributed by atoms with van der Waals surface area (Å²) < 4.78 is 17.3. The van der Waals surface area contributed by atoms with Gasteiger partial charge in [-0.05, 0) is 72.1 Å². The van der Waals surface area contributed by atoms with E-state index in [0.717, 1.165) is 6.42 Å². The second-order valence-electron chi connectivity index (χ2n) is 6.97. The Labute approximate surface area is 187 Å². The Kier molecular flexibility index (Phi) is 6.74. The van der Waals surface area contributed by atoms with Gasteiger partial charge < -0.3 is 14.2 Å². The molecule has 0 fully saturated rings. The zero-order chi connectivity index (χ0) is 22.7. The number of hydrogen-bond acceptors (Lipinski definition) is 7. The summed E-state index contributed by atoms with van der Waals surface area (Å²) in [6, 6.07) is 7.96. The van der Waals surface area contributed by atoms with Crippen molar-refractivity contribution >= 4 is 39.6 Å². The molecule has 1 unspecified atom stereocenters. The number of cyclic esters (lactones) is 1. The summed E-state index contributed by atoms with van der Waals surface area (Å²) in [5.41, 5.74) is 1.69. The number of esters is 1. The number of carbonyl (C=O) groups excluding carboxylic acids is 1.